The minimum atomic E-state index is -0.375. The summed E-state index contributed by atoms with van der Waals surface area (Å²) in [6.45, 7) is -0.126. The van der Waals surface area contributed by atoms with Crippen molar-refractivity contribution in [2.75, 3.05) is 25.2 Å². The van der Waals surface area contributed by atoms with Crippen LogP contribution in [0.5, 0.6) is 0 Å². The van der Waals surface area contributed by atoms with Crippen molar-refractivity contribution in [3.8, 4) is 0 Å². The van der Waals surface area contributed by atoms with Crippen LogP contribution in [0.4, 0.5) is 5.69 Å². The molecule has 1 amide bonds. The molecule has 0 saturated carbocycles. The minimum Gasteiger partial charge on any atom is -0.504 e. The molecule has 20 heavy (non-hydrogen) atoms. The van der Waals surface area contributed by atoms with Gasteiger partial charge in [-0.15, -0.1) is 0 Å². The molecular weight excluding hydrogens is 260 g/mol. The van der Waals surface area contributed by atoms with Crippen LogP contribution in [0.25, 0.3) is 5.57 Å². The Kier molecular flexibility index (Phi) is 4.14. The highest BCUT2D eigenvalue weighted by Crippen LogP contribution is 2.34. The van der Waals surface area contributed by atoms with Gasteiger partial charge in [-0.3, -0.25) is 9.80 Å². The number of carbonyl (C=O) groups excluding carboxylic acids is 3. The van der Waals surface area contributed by atoms with E-state index < -0.39 is 0 Å². The maximum Gasteiger partial charge on any atom is 0.276 e. The number of para-hydroxylation sites is 1. The number of benzene rings is 1. The Morgan fingerprint density at radius 2 is 1.75 bits per heavy atom. The first kappa shape index (κ1) is 13.8. The fourth-order valence-corrected chi connectivity index (χ4v) is 2.17. The van der Waals surface area contributed by atoms with Gasteiger partial charge in [0.05, 0.1) is 37.7 Å². The van der Waals surface area contributed by atoms with Crippen LogP contribution in [0.2, 0.25) is 0 Å². The summed E-state index contributed by atoms with van der Waals surface area (Å²) in [6.07, 6.45) is 2.65. The van der Waals surface area contributed by atoms with Crippen molar-refractivity contribution >= 4 is 29.7 Å². The summed E-state index contributed by atoms with van der Waals surface area (Å²) >= 11 is 0. The first-order valence-electron chi connectivity index (χ1n) is 6.03. The quantitative estimate of drug-likeness (QED) is 0.448. The molecular formula is C14H14N2O4. The number of hydrazine groups is 1. The monoisotopic (exact) mass is 274 g/mol. The molecule has 0 fully saturated rings. The number of hydrogen-bond acceptors (Lipinski definition) is 5. The van der Waals surface area contributed by atoms with Crippen LogP contribution in [0.3, 0.4) is 0 Å². The normalized spacial score (nSPS) is 16.1. The van der Waals surface area contributed by atoms with Gasteiger partial charge in [0.15, 0.2) is 0 Å². The molecule has 6 heteroatoms. The largest absolute Gasteiger partial charge is 0.504 e. The van der Waals surface area contributed by atoms with E-state index in [0.29, 0.717) is 29.4 Å². The second-order valence-electron chi connectivity index (χ2n) is 4.09. The highest BCUT2D eigenvalue weighted by Gasteiger charge is 2.33. The number of carbonyl (C=O) groups is 3. The number of nitrogens with zero attached hydrogens (tertiary/aromatic N) is 2. The molecule has 1 aliphatic heterocycles. The fourth-order valence-electron chi connectivity index (χ4n) is 2.17. The minimum absolute atomic E-state index is 0.00312. The van der Waals surface area contributed by atoms with E-state index in [1.165, 1.54) is 23.4 Å². The molecule has 104 valence electrons. The lowest BCUT2D eigenvalue weighted by atomic mass is 10.0. The van der Waals surface area contributed by atoms with Gasteiger partial charge in [0, 0.05) is 5.56 Å². The van der Waals surface area contributed by atoms with Gasteiger partial charge in [-0.1, -0.05) is 18.2 Å². The number of hydrogen-bond donors (Lipinski definition) is 0. The molecule has 0 saturated heterocycles. The van der Waals surface area contributed by atoms with E-state index in [4.69, 9.17) is 4.74 Å². The molecule has 0 spiro atoms. The summed E-state index contributed by atoms with van der Waals surface area (Å²) < 4.78 is 4.94. The van der Waals surface area contributed by atoms with Gasteiger partial charge < -0.3 is 14.3 Å². The zero-order valence-corrected chi connectivity index (χ0v) is 11.0. The highest BCUT2D eigenvalue weighted by molar-refractivity contribution is 6.23. The molecule has 0 aromatic heterocycles. The molecule has 1 aromatic carbocycles. The van der Waals surface area contributed by atoms with E-state index in [1.807, 2.05) is 0 Å². The number of fused-ring (bicyclic) bond motifs is 1. The Labute approximate surface area is 116 Å². The van der Waals surface area contributed by atoms with E-state index in [-0.39, 0.29) is 19.0 Å². The second-order valence-corrected chi connectivity index (χ2v) is 4.09. The molecule has 2 rings (SSSR count). The number of anilines is 1. The van der Waals surface area contributed by atoms with Gasteiger partial charge in [-0.25, -0.2) is 5.01 Å². The lowest BCUT2D eigenvalue weighted by Gasteiger charge is -2.39. The average molecular weight is 274 g/mol. The molecule has 0 radical (unpaired) electrons. The summed E-state index contributed by atoms with van der Waals surface area (Å²) in [5, 5.41) is 2.72. The van der Waals surface area contributed by atoms with Crippen LogP contribution < -0.4 is 5.01 Å². The molecule has 0 aliphatic carbocycles. The number of rotatable bonds is 5. The van der Waals surface area contributed by atoms with Crippen LogP contribution in [0, 0.1) is 0 Å². The van der Waals surface area contributed by atoms with Gasteiger partial charge in [0.1, 0.15) is 12.6 Å². The second kappa shape index (κ2) is 6.01. The molecule has 1 aliphatic rings. The predicted octanol–water partition coefficient (Wildman–Crippen LogP) is 0.635. The Hall–Kier alpha value is -2.63. The average Bonchev–Trinajstić information content (AvgIpc) is 2.47. The number of ether oxygens (including phenoxy) is 1. The summed E-state index contributed by atoms with van der Waals surface area (Å²) in [7, 11) is 1.45. The maximum absolute atomic E-state index is 12.4. The molecule has 0 N–H and O–H groups in total. The van der Waals surface area contributed by atoms with Crippen molar-refractivity contribution in [2.45, 2.75) is 0 Å². The molecule has 6 nitrogen and oxygen atoms in total. The van der Waals surface area contributed by atoms with E-state index in [1.54, 1.807) is 24.3 Å². The van der Waals surface area contributed by atoms with Gasteiger partial charge in [-0.05, 0) is 6.07 Å². The van der Waals surface area contributed by atoms with Crippen LogP contribution in [0.1, 0.15) is 5.56 Å². The fraction of sp³-hybridized carbons (Fsp3) is 0.214. The molecule has 0 unspecified atom stereocenters. The number of aldehydes is 2. The van der Waals surface area contributed by atoms with Crippen molar-refractivity contribution in [1.29, 1.82) is 0 Å². The number of methoxy groups -OCH3 is 1. The Bertz CT molecular complexity index is 568. The van der Waals surface area contributed by atoms with Crippen molar-refractivity contribution in [3.05, 3.63) is 36.1 Å². The van der Waals surface area contributed by atoms with Crippen molar-refractivity contribution in [3.63, 3.8) is 0 Å². The maximum atomic E-state index is 12.4. The third-order valence-electron chi connectivity index (χ3n) is 2.96. The standard InChI is InChI=1S/C14H14N2O4/c1-20-10-12-11-4-2-3-5-13(11)15(6-8-17)16(7-9-18)14(12)19/h2-5,8-10H,6-7H2,1H3. The molecule has 1 heterocycles. The van der Waals surface area contributed by atoms with E-state index in [0.717, 1.165) is 0 Å². The lowest BCUT2D eigenvalue weighted by Crippen LogP contribution is -2.51. The Morgan fingerprint density at radius 1 is 1.10 bits per heavy atom. The summed E-state index contributed by atoms with van der Waals surface area (Å²) in [5.41, 5.74) is 1.71. The topological polar surface area (TPSA) is 66.9 Å². The van der Waals surface area contributed by atoms with E-state index in [2.05, 4.69) is 0 Å². The third-order valence-corrected chi connectivity index (χ3v) is 2.96. The van der Waals surface area contributed by atoms with Crippen molar-refractivity contribution in [2.24, 2.45) is 0 Å². The summed E-state index contributed by atoms with van der Waals surface area (Å²) in [4.78, 5) is 34.0. The first-order valence-corrected chi connectivity index (χ1v) is 6.03. The van der Waals surface area contributed by atoms with Crippen molar-refractivity contribution < 1.29 is 19.1 Å². The van der Waals surface area contributed by atoms with E-state index >= 15 is 0 Å². The number of amides is 1. The first-order chi connectivity index (χ1) is 9.74. The summed E-state index contributed by atoms with van der Waals surface area (Å²) in [6, 6.07) is 7.15. The SMILES string of the molecule is COC=C1C(=O)N(CC=O)N(CC=O)c2ccccc21. The van der Waals surface area contributed by atoms with Gasteiger partial charge in [0.25, 0.3) is 5.91 Å². The zero-order chi connectivity index (χ0) is 14.5. The smallest absolute Gasteiger partial charge is 0.276 e. The van der Waals surface area contributed by atoms with E-state index in [9.17, 15) is 14.4 Å². The molecule has 0 bridgehead atoms. The predicted molar refractivity (Wildman–Crippen MR) is 72.6 cm³/mol. The van der Waals surface area contributed by atoms with Crippen LogP contribution in [-0.4, -0.2) is 43.7 Å². The van der Waals surface area contributed by atoms with Gasteiger partial charge in [0.2, 0.25) is 0 Å². The van der Waals surface area contributed by atoms with Gasteiger partial charge in [-0.2, -0.15) is 0 Å². The third kappa shape index (κ3) is 2.27. The van der Waals surface area contributed by atoms with Crippen LogP contribution >= 0.6 is 0 Å². The highest BCUT2D eigenvalue weighted by atomic mass is 16.5. The Balaban J connectivity index is 2.59. The van der Waals surface area contributed by atoms with Crippen LogP contribution in [-0.2, 0) is 19.1 Å². The van der Waals surface area contributed by atoms with Crippen LogP contribution in [0.15, 0.2) is 30.5 Å². The van der Waals surface area contributed by atoms with Gasteiger partial charge >= 0.3 is 0 Å². The molecule has 1 aromatic rings. The molecule has 0 atom stereocenters. The zero-order valence-electron chi connectivity index (χ0n) is 11.0. The lowest BCUT2D eigenvalue weighted by molar-refractivity contribution is -0.128. The Morgan fingerprint density at radius 3 is 2.40 bits per heavy atom. The summed E-state index contributed by atoms with van der Waals surface area (Å²) in [5.74, 6) is -0.375. The van der Waals surface area contributed by atoms with Crippen molar-refractivity contribution in [1.82, 2.24) is 5.01 Å².